The summed E-state index contributed by atoms with van der Waals surface area (Å²) < 4.78 is 0.960. The van der Waals surface area contributed by atoms with Gasteiger partial charge < -0.3 is 0 Å². The number of fused-ring (bicyclic) bond motifs is 1. The lowest BCUT2D eigenvalue weighted by molar-refractivity contribution is 0.102. The van der Waals surface area contributed by atoms with Crippen molar-refractivity contribution in [2.24, 2.45) is 0 Å². The van der Waals surface area contributed by atoms with Gasteiger partial charge in [0.2, 0.25) is 0 Å². The predicted molar refractivity (Wildman–Crippen MR) is 149 cm³/mol. The number of nitrogens with one attached hydrogen (secondary N) is 1. The summed E-state index contributed by atoms with van der Waals surface area (Å²) in [5, 5.41) is 6.34. The van der Waals surface area contributed by atoms with Gasteiger partial charge in [0.25, 0.3) is 5.91 Å². The molecule has 0 unspecified atom stereocenters. The molecule has 0 radical (unpaired) electrons. The summed E-state index contributed by atoms with van der Waals surface area (Å²) in [5.74, 6) is -0.205. The minimum Gasteiger partial charge on any atom is -0.298 e. The number of carbonyl (C=O) groups is 1. The van der Waals surface area contributed by atoms with Gasteiger partial charge in [-0.25, -0.2) is 9.97 Å². The SMILES string of the molecule is CC(C)(C)c1ccc(-c2csc(NC(=O)c3cc(-c4cccc(Br)c4)nc4ccccc34)n2)cc1. The average molecular weight is 543 g/mol. The van der Waals surface area contributed by atoms with Crippen molar-refractivity contribution in [1.82, 2.24) is 9.97 Å². The van der Waals surface area contributed by atoms with Gasteiger partial charge in [0.05, 0.1) is 22.5 Å². The maximum Gasteiger partial charge on any atom is 0.258 e. The number of rotatable bonds is 4. The van der Waals surface area contributed by atoms with Crippen molar-refractivity contribution in [1.29, 1.82) is 0 Å². The summed E-state index contributed by atoms with van der Waals surface area (Å²) >= 11 is 4.94. The maximum atomic E-state index is 13.4. The standard InChI is InChI=1S/C29H24BrN3OS/c1-29(2,3)20-13-11-18(12-14-20)26-17-35-28(32-26)33-27(34)23-16-25(19-7-6-8-21(30)15-19)31-24-10-5-4-9-22(23)24/h4-17H,1-3H3,(H,32,33,34). The number of hydrogen-bond acceptors (Lipinski definition) is 4. The van der Waals surface area contributed by atoms with Crippen LogP contribution in [-0.4, -0.2) is 15.9 Å². The van der Waals surface area contributed by atoms with Gasteiger partial charge in [0, 0.05) is 26.4 Å². The zero-order chi connectivity index (χ0) is 24.6. The second kappa shape index (κ2) is 9.36. The molecule has 0 aliphatic rings. The van der Waals surface area contributed by atoms with E-state index in [0.717, 1.165) is 37.9 Å². The Balaban J connectivity index is 1.45. The van der Waals surface area contributed by atoms with Crippen molar-refractivity contribution >= 4 is 49.2 Å². The quantitative estimate of drug-likeness (QED) is 0.248. The fourth-order valence-electron chi connectivity index (χ4n) is 3.93. The first-order valence-electron chi connectivity index (χ1n) is 11.3. The van der Waals surface area contributed by atoms with Crippen molar-refractivity contribution in [3.8, 4) is 22.5 Å². The van der Waals surface area contributed by atoms with Gasteiger partial charge >= 0.3 is 0 Å². The number of carbonyl (C=O) groups excluding carboxylic acids is 1. The highest BCUT2D eigenvalue weighted by molar-refractivity contribution is 9.10. The van der Waals surface area contributed by atoms with E-state index in [0.29, 0.717) is 10.7 Å². The molecule has 0 aliphatic heterocycles. The molecule has 0 fully saturated rings. The average Bonchev–Trinajstić information content (AvgIpc) is 3.31. The van der Waals surface area contributed by atoms with Crippen molar-refractivity contribution in [2.45, 2.75) is 26.2 Å². The summed E-state index contributed by atoms with van der Waals surface area (Å²) in [6.07, 6.45) is 0. The van der Waals surface area contributed by atoms with Gasteiger partial charge in [0.15, 0.2) is 5.13 Å². The largest absolute Gasteiger partial charge is 0.298 e. The maximum absolute atomic E-state index is 13.4. The number of nitrogens with zero attached hydrogens (tertiary/aromatic N) is 2. The summed E-state index contributed by atoms with van der Waals surface area (Å²) in [6, 6.07) is 25.9. The number of aromatic nitrogens is 2. The number of thiazole rings is 1. The molecule has 0 spiro atoms. The zero-order valence-corrected chi connectivity index (χ0v) is 22.1. The summed E-state index contributed by atoms with van der Waals surface area (Å²) in [7, 11) is 0. The lowest BCUT2D eigenvalue weighted by atomic mass is 9.86. The zero-order valence-electron chi connectivity index (χ0n) is 19.7. The molecule has 0 saturated carbocycles. The number of halogens is 1. The van der Waals surface area contributed by atoms with Crippen molar-refractivity contribution in [2.75, 3.05) is 5.32 Å². The van der Waals surface area contributed by atoms with Gasteiger partial charge in [-0.15, -0.1) is 11.3 Å². The third-order valence-electron chi connectivity index (χ3n) is 5.85. The molecule has 0 bridgehead atoms. The molecule has 2 heterocycles. The Bertz CT molecular complexity index is 1530. The first-order chi connectivity index (χ1) is 16.8. The van der Waals surface area contributed by atoms with Crippen LogP contribution in [0.4, 0.5) is 5.13 Å². The van der Waals surface area contributed by atoms with E-state index in [2.05, 4.69) is 71.3 Å². The molecule has 0 saturated heterocycles. The van der Waals surface area contributed by atoms with Crippen LogP contribution < -0.4 is 5.32 Å². The topological polar surface area (TPSA) is 54.9 Å². The molecule has 2 aromatic heterocycles. The number of hydrogen-bond donors (Lipinski definition) is 1. The fraction of sp³-hybridized carbons (Fsp3) is 0.138. The summed E-state index contributed by atoms with van der Waals surface area (Å²) in [5.41, 5.74) is 6.27. The smallest absolute Gasteiger partial charge is 0.258 e. The Morgan fingerprint density at radius 3 is 2.37 bits per heavy atom. The molecule has 1 amide bonds. The van der Waals surface area contributed by atoms with Crippen LogP contribution in [0.25, 0.3) is 33.4 Å². The monoisotopic (exact) mass is 541 g/mol. The van der Waals surface area contributed by atoms with Gasteiger partial charge in [-0.2, -0.15) is 0 Å². The highest BCUT2D eigenvalue weighted by Crippen LogP contribution is 2.30. The molecular weight excluding hydrogens is 518 g/mol. The van der Waals surface area contributed by atoms with Crippen LogP contribution in [0.3, 0.4) is 0 Å². The highest BCUT2D eigenvalue weighted by Gasteiger charge is 2.17. The Hall–Kier alpha value is -3.35. The molecule has 4 nitrogen and oxygen atoms in total. The molecule has 35 heavy (non-hydrogen) atoms. The molecule has 0 atom stereocenters. The minimum atomic E-state index is -0.205. The number of anilines is 1. The Labute approximate surface area is 217 Å². The van der Waals surface area contributed by atoms with Gasteiger partial charge in [-0.3, -0.25) is 10.1 Å². The van der Waals surface area contributed by atoms with Gasteiger partial charge in [-0.1, -0.05) is 91.3 Å². The molecule has 0 aliphatic carbocycles. The van der Waals surface area contributed by atoms with E-state index >= 15 is 0 Å². The molecule has 174 valence electrons. The van der Waals surface area contributed by atoms with Crippen LogP contribution in [0.2, 0.25) is 0 Å². The van der Waals surface area contributed by atoms with E-state index < -0.39 is 0 Å². The second-order valence-electron chi connectivity index (χ2n) is 9.40. The van der Waals surface area contributed by atoms with Crippen molar-refractivity contribution in [3.63, 3.8) is 0 Å². The summed E-state index contributed by atoms with van der Waals surface area (Å²) in [6.45, 7) is 6.59. The van der Waals surface area contributed by atoms with E-state index in [-0.39, 0.29) is 11.3 Å². The van der Waals surface area contributed by atoms with Crippen molar-refractivity contribution < 1.29 is 4.79 Å². The molecule has 1 N–H and O–H groups in total. The van der Waals surface area contributed by atoms with Crippen LogP contribution >= 0.6 is 27.3 Å². The predicted octanol–water partition coefficient (Wildman–Crippen LogP) is 8.34. The van der Waals surface area contributed by atoms with Gasteiger partial charge in [0.1, 0.15) is 0 Å². The number of amides is 1. The molecule has 5 aromatic rings. The second-order valence-corrected chi connectivity index (χ2v) is 11.2. The third kappa shape index (κ3) is 5.04. The fourth-order valence-corrected chi connectivity index (χ4v) is 5.04. The highest BCUT2D eigenvalue weighted by atomic mass is 79.9. The van der Waals surface area contributed by atoms with Crippen LogP contribution in [0.15, 0.2) is 88.7 Å². The minimum absolute atomic E-state index is 0.0989. The van der Waals surface area contributed by atoms with Crippen LogP contribution in [-0.2, 0) is 5.41 Å². The van der Waals surface area contributed by atoms with Crippen LogP contribution in [0.1, 0.15) is 36.7 Å². The molecule has 3 aromatic carbocycles. The lowest BCUT2D eigenvalue weighted by Crippen LogP contribution is -2.13. The van der Waals surface area contributed by atoms with E-state index in [1.165, 1.54) is 16.9 Å². The Morgan fingerprint density at radius 2 is 1.63 bits per heavy atom. The Morgan fingerprint density at radius 1 is 0.857 bits per heavy atom. The van der Waals surface area contributed by atoms with E-state index in [9.17, 15) is 4.79 Å². The third-order valence-corrected chi connectivity index (χ3v) is 7.10. The summed E-state index contributed by atoms with van der Waals surface area (Å²) in [4.78, 5) is 22.9. The number of para-hydroxylation sites is 1. The van der Waals surface area contributed by atoms with Crippen LogP contribution in [0.5, 0.6) is 0 Å². The Kier molecular flexibility index (Phi) is 6.26. The molecule has 6 heteroatoms. The molecular formula is C29H24BrN3OS. The molecule has 5 rings (SSSR count). The van der Waals surface area contributed by atoms with Gasteiger partial charge in [-0.05, 0) is 35.2 Å². The van der Waals surface area contributed by atoms with E-state index in [4.69, 9.17) is 4.98 Å². The first-order valence-corrected chi connectivity index (χ1v) is 13.0. The van der Waals surface area contributed by atoms with Crippen LogP contribution in [0, 0.1) is 0 Å². The first kappa shape index (κ1) is 23.4. The number of pyridine rings is 1. The number of benzene rings is 3. The van der Waals surface area contributed by atoms with E-state index in [1.54, 1.807) is 0 Å². The lowest BCUT2D eigenvalue weighted by Gasteiger charge is -2.18. The van der Waals surface area contributed by atoms with Crippen molar-refractivity contribution in [3.05, 3.63) is 99.8 Å². The van der Waals surface area contributed by atoms with E-state index in [1.807, 2.05) is 60.0 Å². The normalized spacial score (nSPS) is 11.5.